The van der Waals surface area contributed by atoms with E-state index >= 15 is 0 Å². The van der Waals surface area contributed by atoms with Crippen LogP contribution in [0.1, 0.15) is 17.3 Å². The maximum Gasteiger partial charge on any atom is 0.343 e. The zero-order valence-corrected chi connectivity index (χ0v) is 15.6. The summed E-state index contributed by atoms with van der Waals surface area (Å²) >= 11 is 3.34. The van der Waals surface area contributed by atoms with Gasteiger partial charge in [0.15, 0.2) is 0 Å². The molecule has 0 spiro atoms. The van der Waals surface area contributed by atoms with Crippen molar-refractivity contribution in [3.63, 3.8) is 0 Å². The van der Waals surface area contributed by atoms with Gasteiger partial charge in [-0.05, 0) is 28.9 Å². The van der Waals surface area contributed by atoms with Gasteiger partial charge in [-0.2, -0.15) is 0 Å². The molecular formula is C17H20BrN3O4. The van der Waals surface area contributed by atoms with Crippen LogP contribution in [0.4, 0.5) is 0 Å². The van der Waals surface area contributed by atoms with Crippen molar-refractivity contribution in [1.29, 1.82) is 0 Å². The van der Waals surface area contributed by atoms with Gasteiger partial charge in [0.1, 0.15) is 11.2 Å². The van der Waals surface area contributed by atoms with E-state index in [1.807, 2.05) is 4.57 Å². The lowest BCUT2D eigenvalue weighted by Crippen LogP contribution is -2.38. The maximum atomic E-state index is 12.7. The number of halogens is 1. The number of morpholine rings is 1. The summed E-state index contributed by atoms with van der Waals surface area (Å²) in [6, 6.07) is 1.69. The highest BCUT2D eigenvalue weighted by molar-refractivity contribution is 9.10. The second-order valence-electron chi connectivity index (χ2n) is 5.76. The van der Waals surface area contributed by atoms with Crippen molar-refractivity contribution in [2.45, 2.75) is 13.5 Å². The first-order valence-electron chi connectivity index (χ1n) is 8.26. The van der Waals surface area contributed by atoms with Gasteiger partial charge in [0.25, 0.3) is 0 Å². The Hall–Kier alpha value is -1.77. The fourth-order valence-electron chi connectivity index (χ4n) is 2.85. The van der Waals surface area contributed by atoms with Gasteiger partial charge in [0, 0.05) is 43.0 Å². The standard InChI is InChI=1S/C17H20BrN3O4/c1-2-25-17(23)14-11-21(4-3-20-5-7-24-8-6-20)16-13(15(14)22)9-12(18)10-19-16/h9-11H,2-8H2,1H3. The SMILES string of the molecule is CCOC(=O)c1cn(CCN2CCOCC2)c2ncc(Br)cc2c1=O. The van der Waals surface area contributed by atoms with Gasteiger partial charge in [0.2, 0.25) is 5.43 Å². The molecule has 0 aromatic carbocycles. The van der Waals surface area contributed by atoms with Crippen molar-refractivity contribution < 1.29 is 14.3 Å². The van der Waals surface area contributed by atoms with E-state index in [0.29, 0.717) is 22.1 Å². The zero-order valence-electron chi connectivity index (χ0n) is 14.0. The number of carbonyl (C=O) groups is 1. The first kappa shape index (κ1) is 18.0. The summed E-state index contributed by atoms with van der Waals surface area (Å²) in [4.78, 5) is 31.5. The molecule has 1 aliphatic heterocycles. The molecule has 2 aromatic heterocycles. The minimum atomic E-state index is -0.602. The molecule has 25 heavy (non-hydrogen) atoms. The number of nitrogens with zero attached hydrogens (tertiary/aromatic N) is 3. The van der Waals surface area contributed by atoms with E-state index in [4.69, 9.17) is 9.47 Å². The van der Waals surface area contributed by atoms with Crippen LogP contribution in [-0.2, 0) is 16.0 Å². The monoisotopic (exact) mass is 409 g/mol. The van der Waals surface area contributed by atoms with E-state index in [-0.39, 0.29) is 17.6 Å². The number of hydrogen-bond donors (Lipinski definition) is 0. The summed E-state index contributed by atoms with van der Waals surface area (Å²) in [5.74, 6) is -0.602. The molecule has 0 radical (unpaired) electrons. The normalized spacial score (nSPS) is 15.4. The van der Waals surface area contributed by atoms with E-state index in [1.165, 1.54) is 0 Å². The van der Waals surface area contributed by atoms with E-state index < -0.39 is 5.97 Å². The number of pyridine rings is 2. The van der Waals surface area contributed by atoms with Crippen LogP contribution in [0.2, 0.25) is 0 Å². The Morgan fingerprint density at radius 1 is 1.36 bits per heavy atom. The quantitative estimate of drug-likeness (QED) is 0.699. The number of ether oxygens (including phenoxy) is 2. The van der Waals surface area contributed by atoms with Crippen LogP contribution in [0, 0.1) is 0 Å². The summed E-state index contributed by atoms with van der Waals surface area (Å²) in [6.07, 6.45) is 3.21. The van der Waals surface area contributed by atoms with E-state index in [1.54, 1.807) is 25.4 Å². The number of carbonyl (C=O) groups excluding carboxylic acids is 1. The van der Waals surface area contributed by atoms with Gasteiger partial charge < -0.3 is 14.0 Å². The van der Waals surface area contributed by atoms with Crippen molar-refractivity contribution >= 4 is 32.9 Å². The third kappa shape index (κ3) is 4.08. The zero-order chi connectivity index (χ0) is 17.8. The van der Waals surface area contributed by atoms with Crippen molar-refractivity contribution in [2.24, 2.45) is 0 Å². The van der Waals surface area contributed by atoms with Crippen LogP contribution < -0.4 is 5.43 Å². The Balaban J connectivity index is 1.98. The third-order valence-electron chi connectivity index (χ3n) is 4.14. The molecule has 2 aromatic rings. The Morgan fingerprint density at radius 2 is 2.12 bits per heavy atom. The predicted octanol–water partition coefficient (Wildman–Crippen LogP) is 1.67. The Morgan fingerprint density at radius 3 is 2.84 bits per heavy atom. The van der Waals surface area contributed by atoms with Gasteiger partial charge in [0.05, 0.1) is 25.2 Å². The molecule has 0 N–H and O–H groups in total. The lowest BCUT2D eigenvalue weighted by atomic mass is 10.2. The number of esters is 1. The smallest absolute Gasteiger partial charge is 0.343 e. The predicted molar refractivity (Wildman–Crippen MR) is 96.9 cm³/mol. The molecule has 134 valence electrons. The van der Waals surface area contributed by atoms with Crippen LogP contribution >= 0.6 is 15.9 Å². The Kier molecular flexibility index (Phi) is 5.82. The number of fused-ring (bicyclic) bond motifs is 1. The van der Waals surface area contributed by atoms with Gasteiger partial charge in [-0.1, -0.05) is 0 Å². The molecule has 3 rings (SSSR count). The minimum absolute atomic E-state index is 0.0382. The Bertz CT molecular complexity index is 830. The molecule has 0 aliphatic carbocycles. The first-order valence-corrected chi connectivity index (χ1v) is 9.05. The molecule has 7 nitrogen and oxygen atoms in total. The number of rotatable bonds is 5. The maximum absolute atomic E-state index is 12.7. The van der Waals surface area contributed by atoms with Crippen LogP contribution in [0.5, 0.6) is 0 Å². The lowest BCUT2D eigenvalue weighted by molar-refractivity contribution is 0.0365. The van der Waals surface area contributed by atoms with Crippen LogP contribution in [-0.4, -0.2) is 59.9 Å². The summed E-state index contributed by atoms with van der Waals surface area (Å²) in [5.41, 5.74) is 0.246. The second kappa shape index (κ2) is 8.07. The highest BCUT2D eigenvalue weighted by atomic mass is 79.9. The van der Waals surface area contributed by atoms with Crippen molar-refractivity contribution in [3.8, 4) is 0 Å². The van der Waals surface area contributed by atoms with Crippen LogP contribution in [0.25, 0.3) is 11.0 Å². The molecule has 0 bridgehead atoms. The fraction of sp³-hybridized carbons (Fsp3) is 0.471. The topological polar surface area (TPSA) is 73.7 Å². The molecule has 3 heterocycles. The summed E-state index contributed by atoms with van der Waals surface area (Å²) in [6.45, 7) is 6.56. The summed E-state index contributed by atoms with van der Waals surface area (Å²) in [7, 11) is 0. The van der Waals surface area contributed by atoms with Gasteiger partial charge in [-0.3, -0.25) is 9.69 Å². The van der Waals surface area contributed by atoms with E-state index in [2.05, 4.69) is 25.8 Å². The molecule has 8 heteroatoms. The van der Waals surface area contributed by atoms with Crippen molar-refractivity contribution in [3.05, 3.63) is 38.7 Å². The molecule has 1 saturated heterocycles. The van der Waals surface area contributed by atoms with Crippen LogP contribution in [0.3, 0.4) is 0 Å². The lowest BCUT2D eigenvalue weighted by Gasteiger charge is -2.27. The highest BCUT2D eigenvalue weighted by Gasteiger charge is 2.18. The number of aromatic nitrogens is 2. The third-order valence-corrected chi connectivity index (χ3v) is 4.57. The van der Waals surface area contributed by atoms with Gasteiger partial charge >= 0.3 is 5.97 Å². The van der Waals surface area contributed by atoms with E-state index in [0.717, 1.165) is 32.8 Å². The molecule has 0 saturated carbocycles. The average molecular weight is 410 g/mol. The molecule has 0 amide bonds. The summed E-state index contributed by atoms with van der Waals surface area (Å²) in [5, 5.41) is 0.405. The Labute approximate surface area is 153 Å². The van der Waals surface area contributed by atoms with Gasteiger partial charge in [-0.15, -0.1) is 0 Å². The number of hydrogen-bond acceptors (Lipinski definition) is 6. The molecular weight excluding hydrogens is 390 g/mol. The fourth-order valence-corrected chi connectivity index (χ4v) is 3.18. The van der Waals surface area contributed by atoms with Gasteiger partial charge in [-0.25, -0.2) is 9.78 Å². The molecule has 0 atom stereocenters. The molecule has 1 fully saturated rings. The van der Waals surface area contributed by atoms with Crippen molar-refractivity contribution in [2.75, 3.05) is 39.5 Å². The molecule has 1 aliphatic rings. The minimum Gasteiger partial charge on any atom is -0.462 e. The second-order valence-corrected chi connectivity index (χ2v) is 6.68. The van der Waals surface area contributed by atoms with Crippen molar-refractivity contribution in [1.82, 2.24) is 14.5 Å². The summed E-state index contributed by atoms with van der Waals surface area (Å²) < 4.78 is 12.9. The molecule has 0 unspecified atom stereocenters. The largest absolute Gasteiger partial charge is 0.462 e. The highest BCUT2D eigenvalue weighted by Crippen LogP contribution is 2.16. The average Bonchev–Trinajstić information content (AvgIpc) is 2.62. The van der Waals surface area contributed by atoms with Crippen LogP contribution in [0.15, 0.2) is 27.7 Å². The van der Waals surface area contributed by atoms with E-state index in [9.17, 15) is 9.59 Å². The first-order chi connectivity index (χ1) is 12.1.